The van der Waals surface area contributed by atoms with Crippen molar-refractivity contribution in [3.8, 4) is 17.0 Å². The molecule has 0 fully saturated rings. The van der Waals surface area contributed by atoms with E-state index < -0.39 is 0 Å². The first-order valence-corrected chi connectivity index (χ1v) is 8.11. The van der Waals surface area contributed by atoms with Crippen LogP contribution >= 0.6 is 35.0 Å². The van der Waals surface area contributed by atoms with Gasteiger partial charge in [-0.05, 0) is 35.9 Å². The highest BCUT2D eigenvalue weighted by Crippen LogP contribution is 2.43. The monoisotopic (exact) mass is 333 g/mol. The Labute approximate surface area is 135 Å². The van der Waals surface area contributed by atoms with Crippen LogP contribution in [0.1, 0.15) is 5.56 Å². The predicted molar refractivity (Wildman–Crippen MR) is 88.4 cm³/mol. The Kier molecular flexibility index (Phi) is 3.03. The Bertz CT molecular complexity index is 895. The number of aromatic nitrogens is 1. The average Bonchev–Trinajstić information content (AvgIpc) is 2.45. The van der Waals surface area contributed by atoms with Crippen LogP contribution in [0.15, 0.2) is 41.3 Å². The van der Waals surface area contributed by atoms with E-state index in [1.807, 2.05) is 30.3 Å². The molecule has 1 aliphatic rings. The molecular weight excluding hydrogens is 325 g/mol. The van der Waals surface area contributed by atoms with E-state index in [4.69, 9.17) is 23.2 Å². The van der Waals surface area contributed by atoms with Gasteiger partial charge in [0.15, 0.2) is 0 Å². The van der Waals surface area contributed by atoms with Gasteiger partial charge in [0, 0.05) is 37.7 Å². The Balaban J connectivity index is 2.05. The zero-order valence-electron chi connectivity index (χ0n) is 10.7. The summed E-state index contributed by atoms with van der Waals surface area (Å²) in [4.78, 5) is 5.82. The second-order valence-corrected chi connectivity index (χ2v) is 6.81. The standard InChI is InChI=1S/C16H9Cl2NOS/c17-10-1-2-14-12(5-10)15-9(7-21-14)3-8-4-11(18)6-13(20)16(8)19-15/h1-6,20H,7H2. The van der Waals surface area contributed by atoms with Crippen molar-refractivity contribution in [1.82, 2.24) is 4.98 Å². The average molecular weight is 334 g/mol. The van der Waals surface area contributed by atoms with Crippen molar-refractivity contribution in [1.29, 1.82) is 0 Å². The van der Waals surface area contributed by atoms with E-state index in [1.54, 1.807) is 11.8 Å². The third-order valence-electron chi connectivity index (χ3n) is 3.52. The van der Waals surface area contributed by atoms with Crippen molar-refractivity contribution in [2.24, 2.45) is 0 Å². The number of hydrogen-bond acceptors (Lipinski definition) is 3. The molecule has 0 unspecified atom stereocenters. The lowest BCUT2D eigenvalue weighted by molar-refractivity contribution is 0.480. The molecule has 0 saturated carbocycles. The summed E-state index contributed by atoms with van der Waals surface area (Å²) in [5.74, 6) is 0.947. The number of phenolic OH excluding ortho intramolecular Hbond substituents is 1. The minimum Gasteiger partial charge on any atom is -0.506 e. The zero-order chi connectivity index (χ0) is 14.6. The number of aromatic hydroxyl groups is 1. The predicted octanol–water partition coefficient (Wildman–Crippen LogP) is 5.52. The number of thioether (sulfide) groups is 1. The van der Waals surface area contributed by atoms with Crippen LogP contribution in [-0.2, 0) is 5.75 Å². The second-order valence-electron chi connectivity index (χ2n) is 4.92. The molecule has 0 amide bonds. The molecule has 2 nitrogen and oxygen atoms in total. The first kappa shape index (κ1) is 13.3. The van der Waals surface area contributed by atoms with Gasteiger partial charge in [0.2, 0.25) is 0 Å². The summed E-state index contributed by atoms with van der Waals surface area (Å²) in [6, 6.07) is 11.2. The molecule has 2 heterocycles. The van der Waals surface area contributed by atoms with Crippen LogP contribution in [-0.4, -0.2) is 10.1 Å². The van der Waals surface area contributed by atoms with E-state index in [0.717, 1.165) is 32.9 Å². The van der Waals surface area contributed by atoms with Crippen molar-refractivity contribution in [3.05, 3.63) is 52.0 Å². The number of pyridine rings is 1. The van der Waals surface area contributed by atoms with Crippen LogP contribution in [0.2, 0.25) is 10.0 Å². The van der Waals surface area contributed by atoms with Crippen molar-refractivity contribution >= 4 is 45.9 Å². The number of halogens is 2. The lowest BCUT2D eigenvalue weighted by atomic mass is 10.0. The molecule has 0 saturated heterocycles. The van der Waals surface area contributed by atoms with E-state index >= 15 is 0 Å². The third kappa shape index (κ3) is 2.16. The Morgan fingerprint density at radius 3 is 2.76 bits per heavy atom. The Morgan fingerprint density at radius 1 is 1.05 bits per heavy atom. The first-order chi connectivity index (χ1) is 10.1. The minimum absolute atomic E-state index is 0.0992. The highest BCUT2D eigenvalue weighted by atomic mass is 35.5. The van der Waals surface area contributed by atoms with Crippen molar-refractivity contribution in [2.45, 2.75) is 10.6 Å². The van der Waals surface area contributed by atoms with E-state index in [1.165, 1.54) is 6.07 Å². The number of phenols is 1. The molecule has 0 radical (unpaired) electrons. The van der Waals surface area contributed by atoms with Gasteiger partial charge in [0.05, 0.1) is 5.69 Å². The third-order valence-corrected chi connectivity index (χ3v) is 5.10. The van der Waals surface area contributed by atoms with Gasteiger partial charge in [-0.2, -0.15) is 0 Å². The molecule has 1 N–H and O–H groups in total. The molecule has 21 heavy (non-hydrogen) atoms. The van der Waals surface area contributed by atoms with Gasteiger partial charge < -0.3 is 5.11 Å². The largest absolute Gasteiger partial charge is 0.506 e. The lowest BCUT2D eigenvalue weighted by Crippen LogP contribution is -1.99. The molecule has 3 aromatic rings. The molecule has 0 spiro atoms. The van der Waals surface area contributed by atoms with Crippen molar-refractivity contribution < 1.29 is 5.11 Å². The van der Waals surface area contributed by atoms with Gasteiger partial charge in [-0.25, -0.2) is 4.98 Å². The minimum atomic E-state index is 0.0992. The molecule has 5 heteroatoms. The van der Waals surface area contributed by atoms with Crippen molar-refractivity contribution in [3.63, 3.8) is 0 Å². The van der Waals surface area contributed by atoms with Crippen LogP contribution in [0.25, 0.3) is 22.2 Å². The van der Waals surface area contributed by atoms with Gasteiger partial charge in [-0.15, -0.1) is 11.8 Å². The summed E-state index contributed by atoms with van der Waals surface area (Å²) in [7, 11) is 0. The zero-order valence-corrected chi connectivity index (χ0v) is 13.1. The van der Waals surface area contributed by atoms with Gasteiger partial charge in [-0.1, -0.05) is 23.2 Å². The molecule has 4 rings (SSSR count). The normalized spacial score (nSPS) is 13.0. The van der Waals surface area contributed by atoms with E-state index in [2.05, 4.69) is 4.98 Å². The lowest BCUT2D eigenvalue weighted by Gasteiger charge is -2.19. The van der Waals surface area contributed by atoms with Gasteiger partial charge in [0.25, 0.3) is 0 Å². The first-order valence-electron chi connectivity index (χ1n) is 6.37. The molecule has 0 atom stereocenters. The van der Waals surface area contributed by atoms with E-state index in [0.29, 0.717) is 15.6 Å². The van der Waals surface area contributed by atoms with Crippen LogP contribution in [0.5, 0.6) is 5.75 Å². The maximum absolute atomic E-state index is 10.1. The molecular formula is C16H9Cl2NOS. The highest BCUT2D eigenvalue weighted by molar-refractivity contribution is 7.98. The summed E-state index contributed by atoms with van der Waals surface area (Å²) in [5.41, 5.74) is 3.60. The molecule has 1 aliphatic heterocycles. The number of hydrogen-bond donors (Lipinski definition) is 1. The fourth-order valence-electron chi connectivity index (χ4n) is 2.59. The number of nitrogens with zero attached hydrogens (tertiary/aromatic N) is 1. The molecule has 0 bridgehead atoms. The maximum Gasteiger partial charge on any atom is 0.143 e. The van der Waals surface area contributed by atoms with Crippen molar-refractivity contribution in [2.75, 3.05) is 0 Å². The topological polar surface area (TPSA) is 33.1 Å². The molecule has 1 aromatic heterocycles. The smallest absolute Gasteiger partial charge is 0.143 e. The van der Waals surface area contributed by atoms with Gasteiger partial charge in [-0.3, -0.25) is 0 Å². The van der Waals surface area contributed by atoms with Crippen LogP contribution in [0, 0.1) is 0 Å². The number of benzene rings is 2. The van der Waals surface area contributed by atoms with Crippen LogP contribution in [0.4, 0.5) is 0 Å². The summed E-state index contributed by atoms with van der Waals surface area (Å²) >= 11 is 13.9. The SMILES string of the molecule is Oc1cc(Cl)cc2cc3c(nc12)-c1cc(Cl)ccc1SC3. The maximum atomic E-state index is 10.1. The fraction of sp³-hybridized carbons (Fsp3) is 0.0625. The summed E-state index contributed by atoms with van der Waals surface area (Å²) in [5, 5.41) is 12.1. The molecule has 2 aromatic carbocycles. The fourth-order valence-corrected chi connectivity index (χ4v) is 3.99. The number of fused-ring (bicyclic) bond motifs is 4. The quantitative estimate of drug-likeness (QED) is 0.588. The highest BCUT2D eigenvalue weighted by Gasteiger charge is 2.20. The summed E-state index contributed by atoms with van der Waals surface area (Å²) in [6.07, 6.45) is 0. The molecule has 0 aliphatic carbocycles. The van der Waals surface area contributed by atoms with Crippen LogP contribution < -0.4 is 0 Å². The van der Waals surface area contributed by atoms with Crippen LogP contribution in [0.3, 0.4) is 0 Å². The van der Waals surface area contributed by atoms with E-state index in [-0.39, 0.29) is 5.75 Å². The Morgan fingerprint density at radius 2 is 1.90 bits per heavy atom. The summed E-state index contributed by atoms with van der Waals surface area (Å²) < 4.78 is 0. The Hall–Kier alpha value is -1.42. The number of rotatable bonds is 0. The van der Waals surface area contributed by atoms with Gasteiger partial charge in [0.1, 0.15) is 11.3 Å². The molecule has 104 valence electrons. The van der Waals surface area contributed by atoms with E-state index in [9.17, 15) is 5.11 Å². The summed E-state index contributed by atoms with van der Waals surface area (Å²) in [6.45, 7) is 0. The van der Waals surface area contributed by atoms with Gasteiger partial charge >= 0.3 is 0 Å². The second kappa shape index (κ2) is 4.80.